The number of carbonyl (C=O) groups is 2. The van der Waals surface area contributed by atoms with Gasteiger partial charge < -0.3 is 30.1 Å². The highest BCUT2D eigenvalue weighted by molar-refractivity contribution is 6.30. The molecule has 0 aromatic heterocycles. The van der Waals surface area contributed by atoms with Crippen LogP contribution in [0.15, 0.2) is 48.6 Å². The zero-order valence-electron chi connectivity index (χ0n) is 22.3. The molecule has 1 aromatic rings. The van der Waals surface area contributed by atoms with Gasteiger partial charge in [0.15, 0.2) is 0 Å². The van der Waals surface area contributed by atoms with E-state index < -0.39 is 35.8 Å². The molecule has 0 radical (unpaired) electrons. The number of nitrogens with zero attached hydrogens (tertiary/aromatic N) is 1. The van der Waals surface area contributed by atoms with Crippen molar-refractivity contribution in [2.45, 2.75) is 63.4 Å². The Morgan fingerprint density at radius 1 is 1.20 bits per heavy atom. The summed E-state index contributed by atoms with van der Waals surface area (Å²) in [5.41, 5.74) is 0. The molecular formula is C27H39ClN2O10. The molecular weight excluding hydrogens is 548 g/mol. The Kier molecular flexibility index (Phi) is 15.1. The molecule has 40 heavy (non-hydrogen) atoms. The molecule has 1 amide bonds. The van der Waals surface area contributed by atoms with E-state index in [1.165, 1.54) is 6.92 Å². The molecule has 6 atom stereocenters. The summed E-state index contributed by atoms with van der Waals surface area (Å²) in [6, 6.07) is 6.85. The number of aliphatic hydroxyl groups excluding tert-OH is 3. The predicted molar refractivity (Wildman–Crippen MR) is 143 cm³/mol. The first kappa shape index (κ1) is 33.7. The molecule has 1 unspecified atom stereocenters. The summed E-state index contributed by atoms with van der Waals surface area (Å²) in [4.78, 5) is 28.0. The van der Waals surface area contributed by atoms with E-state index >= 15 is 0 Å². The molecule has 1 aliphatic carbocycles. The molecule has 12 nitrogen and oxygen atoms in total. The zero-order chi connectivity index (χ0) is 29.5. The molecule has 1 aromatic carbocycles. The van der Waals surface area contributed by atoms with E-state index in [1.807, 2.05) is 12.2 Å². The van der Waals surface area contributed by atoms with Gasteiger partial charge in [-0.1, -0.05) is 42.0 Å². The lowest BCUT2D eigenvalue weighted by molar-refractivity contribution is -0.494. The number of allylic oxidation sites excluding steroid dienone is 2. The largest absolute Gasteiger partial charge is 0.491 e. The monoisotopic (exact) mass is 586 g/mol. The predicted octanol–water partition coefficient (Wildman–Crippen LogP) is 2.17. The van der Waals surface area contributed by atoms with Crippen LogP contribution in [-0.4, -0.2) is 87.2 Å². The molecule has 0 spiro atoms. The highest BCUT2D eigenvalue weighted by Crippen LogP contribution is 2.36. The van der Waals surface area contributed by atoms with Gasteiger partial charge in [-0.25, -0.2) is 4.84 Å². The average molecular weight is 587 g/mol. The molecule has 0 aliphatic heterocycles. The standard InChI is InChI=1S/C27H39ClN2O10/c1-18(16-39-30(36)37)40-27(35)15-29-26(34)10-5-3-2-4-9-22-23(25(33)14-24(22)32)12-11-20(31)17-38-21-8-6-7-19(28)13-21/h2,4,6-8,11-13,18,20,22-25,31-33,36-37H,3,5,9-10,14-17H2,1H3,(H,29,34)/b4-2-,12-11+/t18?,20-,22-,23-,24+,25-/m1/s1. The molecule has 2 rings (SSSR count). The third-order valence-corrected chi connectivity index (χ3v) is 6.46. The fraction of sp³-hybridized carbons (Fsp3) is 0.556. The number of rotatable bonds is 17. The van der Waals surface area contributed by atoms with Crippen molar-refractivity contribution in [1.82, 2.24) is 10.7 Å². The van der Waals surface area contributed by atoms with Crippen LogP contribution in [0.1, 0.15) is 39.0 Å². The number of hydrogen-bond donors (Lipinski definition) is 6. The number of carbonyl (C=O) groups excluding carboxylic acids is 2. The first-order valence-corrected chi connectivity index (χ1v) is 13.5. The van der Waals surface area contributed by atoms with E-state index in [0.717, 1.165) is 0 Å². The number of ether oxygens (including phenoxy) is 2. The lowest BCUT2D eigenvalue weighted by Gasteiger charge is -2.19. The number of unbranched alkanes of at least 4 members (excludes halogenated alkanes) is 1. The summed E-state index contributed by atoms with van der Waals surface area (Å²) in [7, 11) is 0. The third kappa shape index (κ3) is 13.2. The smallest absolute Gasteiger partial charge is 0.325 e. The van der Waals surface area contributed by atoms with E-state index in [-0.39, 0.29) is 50.3 Å². The molecule has 0 heterocycles. The Morgan fingerprint density at radius 2 is 1.98 bits per heavy atom. The van der Waals surface area contributed by atoms with Crippen molar-refractivity contribution in [2.24, 2.45) is 11.8 Å². The van der Waals surface area contributed by atoms with Gasteiger partial charge in [0.05, 0.1) is 17.6 Å². The van der Waals surface area contributed by atoms with Crippen LogP contribution in [0.4, 0.5) is 0 Å². The van der Waals surface area contributed by atoms with E-state index in [9.17, 15) is 24.9 Å². The van der Waals surface area contributed by atoms with E-state index in [0.29, 0.717) is 30.0 Å². The van der Waals surface area contributed by atoms with E-state index in [4.69, 9.17) is 31.5 Å². The molecule has 224 valence electrons. The second-order valence-electron chi connectivity index (χ2n) is 9.56. The second-order valence-corrected chi connectivity index (χ2v) is 9.99. The number of esters is 1. The van der Waals surface area contributed by atoms with Gasteiger partial charge >= 0.3 is 5.97 Å². The Balaban J connectivity index is 1.67. The van der Waals surface area contributed by atoms with Gasteiger partial charge in [-0.2, -0.15) is 0 Å². The summed E-state index contributed by atoms with van der Waals surface area (Å²) >= 11 is 5.93. The summed E-state index contributed by atoms with van der Waals surface area (Å²) in [5.74, 6) is -1.01. The number of benzene rings is 1. The molecule has 0 saturated heterocycles. The van der Waals surface area contributed by atoms with Gasteiger partial charge in [0.2, 0.25) is 5.91 Å². The van der Waals surface area contributed by atoms with Gasteiger partial charge in [-0.15, -0.1) is 0 Å². The number of amides is 1. The maximum atomic E-state index is 11.9. The SMILES string of the molecule is CC(CON(O)O)OC(=O)CNC(=O)CCC/C=C\C[C@@H]1[C@@H](/C=C/[C@@H](O)COc2cccc(Cl)c2)[C@H](O)C[C@@H]1O. The van der Waals surface area contributed by atoms with Gasteiger partial charge in [0.25, 0.3) is 0 Å². The van der Waals surface area contributed by atoms with E-state index in [2.05, 4.69) is 10.2 Å². The maximum Gasteiger partial charge on any atom is 0.325 e. The van der Waals surface area contributed by atoms with Crippen LogP contribution in [0.5, 0.6) is 5.75 Å². The fourth-order valence-electron chi connectivity index (χ4n) is 4.24. The number of nitrogens with one attached hydrogen (secondary N) is 1. The Hall–Kier alpha value is -2.55. The van der Waals surface area contributed by atoms with Crippen LogP contribution in [-0.2, 0) is 19.2 Å². The van der Waals surface area contributed by atoms with Crippen molar-refractivity contribution in [1.29, 1.82) is 0 Å². The minimum absolute atomic E-state index is 0.0176. The molecule has 13 heteroatoms. The van der Waals surface area contributed by atoms with Crippen molar-refractivity contribution in [3.8, 4) is 5.75 Å². The van der Waals surface area contributed by atoms with Crippen LogP contribution in [0.3, 0.4) is 0 Å². The molecule has 1 aliphatic rings. The van der Waals surface area contributed by atoms with Crippen LogP contribution < -0.4 is 10.1 Å². The first-order valence-electron chi connectivity index (χ1n) is 13.1. The summed E-state index contributed by atoms with van der Waals surface area (Å²) in [6.07, 6.45) is 6.17. The topological polar surface area (TPSA) is 178 Å². The average Bonchev–Trinajstić information content (AvgIpc) is 3.17. The van der Waals surface area contributed by atoms with Crippen molar-refractivity contribution >= 4 is 23.5 Å². The molecule has 0 bridgehead atoms. The van der Waals surface area contributed by atoms with E-state index in [1.54, 1.807) is 36.4 Å². The van der Waals surface area contributed by atoms with Crippen LogP contribution in [0.2, 0.25) is 5.02 Å². The van der Waals surface area contributed by atoms with Gasteiger partial charge in [-0.05, 0) is 50.3 Å². The Bertz CT molecular complexity index is 976. The third-order valence-electron chi connectivity index (χ3n) is 6.23. The lowest BCUT2D eigenvalue weighted by Crippen LogP contribution is -2.33. The number of halogens is 1. The van der Waals surface area contributed by atoms with Gasteiger partial charge in [0, 0.05) is 23.8 Å². The minimum Gasteiger partial charge on any atom is -0.491 e. The van der Waals surface area contributed by atoms with Crippen molar-refractivity contribution < 1.29 is 49.6 Å². The minimum atomic E-state index is -0.899. The Morgan fingerprint density at radius 3 is 2.70 bits per heavy atom. The maximum absolute atomic E-state index is 11.9. The summed E-state index contributed by atoms with van der Waals surface area (Å²) in [5, 5.41) is 50.5. The zero-order valence-corrected chi connectivity index (χ0v) is 23.1. The van der Waals surface area contributed by atoms with Crippen molar-refractivity contribution in [3.05, 3.63) is 53.6 Å². The number of hydrogen-bond acceptors (Lipinski definition) is 11. The van der Waals surface area contributed by atoms with Crippen LogP contribution >= 0.6 is 11.6 Å². The highest BCUT2D eigenvalue weighted by atomic mass is 35.5. The molecule has 6 N–H and O–H groups in total. The normalized spacial score (nSPS) is 22.6. The van der Waals surface area contributed by atoms with Gasteiger partial charge in [-0.3, -0.25) is 20.0 Å². The second kappa shape index (κ2) is 18.0. The highest BCUT2D eigenvalue weighted by Gasteiger charge is 2.39. The Labute approximate surface area is 238 Å². The summed E-state index contributed by atoms with van der Waals surface area (Å²) in [6.45, 7) is 0.916. The van der Waals surface area contributed by atoms with Crippen LogP contribution in [0, 0.1) is 11.8 Å². The number of aliphatic hydroxyl groups is 3. The lowest BCUT2D eigenvalue weighted by atomic mass is 9.89. The molecule has 1 fully saturated rings. The fourth-order valence-corrected chi connectivity index (χ4v) is 4.42. The van der Waals surface area contributed by atoms with Gasteiger partial charge in [0.1, 0.15) is 37.7 Å². The first-order chi connectivity index (χ1) is 19.0. The van der Waals surface area contributed by atoms with Crippen molar-refractivity contribution in [3.63, 3.8) is 0 Å². The molecule has 1 saturated carbocycles. The van der Waals surface area contributed by atoms with Crippen LogP contribution in [0.25, 0.3) is 0 Å². The summed E-state index contributed by atoms with van der Waals surface area (Å²) < 4.78 is 10.5. The quantitative estimate of drug-likeness (QED) is 0.0682. The van der Waals surface area contributed by atoms with Crippen molar-refractivity contribution in [2.75, 3.05) is 19.8 Å².